The highest BCUT2D eigenvalue weighted by molar-refractivity contribution is 5.91. The number of nitrogens with one attached hydrogen (secondary N) is 1. The van der Waals surface area contributed by atoms with Gasteiger partial charge in [0.25, 0.3) is 5.56 Å². The van der Waals surface area contributed by atoms with Crippen LogP contribution in [0.1, 0.15) is 5.56 Å². The number of rotatable bonds is 4. The predicted molar refractivity (Wildman–Crippen MR) is 114 cm³/mol. The van der Waals surface area contributed by atoms with Gasteiger partial charge in [0.1, 0.15) is 6.54 Å². The first kappa shape index (κ1) is 18.4. The average molecular weight is 385 g/mol. The number of para-hydroxylation sites is 2. The SMILES string of the molecule is Cc1cccc(NC(=O)Cn2c(=O)n(-c3ccccc3)c(=O)c3ccccc32)c1. The fraction of sp³-hybridized carbons (Fsp3) is 0.0870. The van der Waals surface area contributed by atoms with Crippen molar-refractivity contribution in [3.8, 4) is 5.69 Å². The van der Waals surface area contributed by atoms with Gasteiger partial charge in [-0.2, -0.15) is 0 Å². The molecule has 0 radical (unpaired) electrons. The van der Waals surface area contributed by atoms with E-state index in [1.165, 1.54) is 4.57 Å². The lowest BCUT2D eigenvalue weighted by molar-refractivity contribution is -0.116. The molecule has 4 aromatic rings. The number of aromatic nitrogens is 2. The van der Waals surface area contributed by atoms with Crippen molar-refractivity contribution >= 4 is 22.5 Å². The maximum Gasteiger partial charge on any atom is 0.336 e. The van der Waals surface area contributed by atoms with Gasteiger partial charge in [-0.25, -0.2) is 9.36 Å². The summed E-state index contributed by atoms with van der Waals surface area (Å²) in [5.41, 5.74) is 1.59. The summed E-state index contributed by atoms with van der Waals surface area (Å²) in [5, 5.41) is 3.19. The molecule has 0 bridgehead atoms. The topological polar surface area (TPSA) is 73.1 Å². The highest BCUT2D eigenvalue weighted by Crippen LogP contribution is 2.12. The maximum atomic E-state index is 13.2. The van der Waals surface area contributed by atoms with Crippen molar-refractivity contribution in [3.05, 3.63) is 105 Å². The van der Waals surface area contributed by atoms with E-state index in [4.69, 9.17) is 0 Å². The van der Waals surface area contributed by atoms with Crippen molar-refractivity contribution in [2.24, 2.45) is 0 Å². The van der Waals surface area contributed by atoms with Gasteiger partial charge in [-0.1, -0.05) is 42.5 Å². The second-order valence-electron chi connectivity index (χ2n) is 6.78. The third kappa shape index (κ3) is 3.60. The lowest BCUT2D eigenvalue weighted by Crippen LogP contribution is -2.40. The zero-order valence-corrected chi connectivity index (χ0v) is 15.8. The number of aryl methyl sites for hydroxylation is 1. The Morgan fingerprint density at radius 3 is 2.38 bits per heavy atom. The molecule has 4 rings (SSSR count). The van der Waals surface area contributed by atoms with Crippen LogP contribution >= 0.6 is 0 Å². The van der Waals surface area contributed by atoms with E-state index in [9.17, 15) is 14.4 Å². The zero-order chi connectivity index (χ0) is 20.4. The molecule has 0 spiro atoms. The molecule has 144 valence electrons. The Labute approximate surface area is 166 Å². The highest BCUT2D eigenvalue weighted by Gasteiger charge is 2.16. The van der Waals surface area contributed by atoms with Gasteiger partial charge in [-0.05, 0) is 48.9 Å². The molecule has 3 aromatic carbocycles. The monoisotopic (exact) mass is 385 g/mol. The van der Waals surface area contributed by atoms with Crippen molar-refractivity contribution in [3.63, 3.8) is 0 Å². The minimum atomic E-state index is -0.556. The van der Waals surface area contributed by atoms with Gasteiger partial charge in [0.05, 0.1) is 16.6 Å². The molecule has 1 aromatic heterocycles. The van der Waals surface area contributed by atoms with Crippen LogP contribution in [0.15, 0.2) is 88.5 Å². The molecule has 1 amide bonds. The third-order valence-corrected chi connectivity index (χ3v) is 4.67. The minimum absolute atomic E-state index is 0.208. The summed E-state index contributed by atoms with van der Waals surface area (Å²) >= 11 is 0. The number of hydrogen-bond acceptors (Lipinski definition) is 3. The molecule has 6 heteroatoms. The van der Waals surface area contributed by atoms with E-state index in [1.54, 1.807) is 54.6 Å². The quantitative estimate of drug-likeness (QED) is 0.587. The van der Waals surface area contributed by atoms with Gasteiger partial charge in [0, 0.05) is 5.69 Å². The van der Waals surface area contributed by atoms with Crippen LogP contribution in [0.5, 0.6) is 0 Å². The van der Waals surface area contributed by atoms with Crippen molar-refractivity contribution in [2.45, 2.75) is 13.5 Å². The summed E-state index contributed by atoms with van der Waals surface area (Å²) in [5.74, 6) is -0.346. The largest absolute Gasteiger partial charge is 0.336 e. The first-order valence-electron chi connectivity index (χ1n) is 9.21. The number of carbonyl (C=O) groups is 1. The minimum Gasteiger partial charge on any atom is -0.325 e. The van der Waals surface area contributed by atoms with Crippen LogP contribution < -0.4 is 16.6 Å². The van der Waals surface area contributed by atoms with E-state index < -0.39 is 11.2 Å². The predicted octanol–water partition coefficient (Wildman–Crippen LogP) is 3.10. The number of nitrogens with zero attached hydrogens (tertiary/aromatic N) is 2. The molecule has 0 unspecified atom stereocenters. The number of hydrogen-bond donors (Lipinski definition) is 1. The molecule has 1 heterocycles. The maximum absolute atomic E-state index is 13.2. The fourth-order valence-electron chi connectivity index (χ4n) is 3.35. The Morgan fingerprint density at radius 2 is 1.62 bits per heavy atom. The number of carbonyl (C=O) groups excluding carboxylic acids is 1. The third-order valence-electron chi connectivity index (χ3n) is 4.67. The molecule has 0 aliphatic rings. The Bertz CT molecular complexity index is 1320. The van der Waals surface area contributed by atoms with Crippen LogP contribution in [-0.2, 0) is 11.3 Å². The molecule has 0 fully saturated rings. The lowest BCUT2D eigenvalue weighted by Gasteiger charge is -2.14. The molecule has 1 N–H and O–H groups in total. The Kier molecular flexibility index (Phi) is 4.83. The second-order valence-corrected chi connectivity index (χ2v) is 6.78. The van der Waals surface area contributed by atoms with Crippen molar-refractivity contribution in [1.82, 2.24) is 9.13 Å². The van der Waals surface area contributed by atoms with Crippen LogP contribution in [0.3, 0.4) is 0 Å². The average Bonchev–Trinajstić information content (AvgIpc) is 2.72. The van der Waals surface area contributed by atoms with E-state index in [0.29, 0.717) is 22.3 Å². The summed E-state index contributed by atoms with van der Waals surface area (Å²) in [4.78, 5) is 38.8. The molecular formula is C23H19N3O3. The van der Waals surface area contributed by atoms with Crippen LogP contribution in [0.4, 0.5) is 5.69 Å². The number of benzene rings is 3. The fourth-order valence-corrected chi connectivity index (χ4v) is 3.35. The number of fused-ring (bicyclic) bond motifs is 1. The second kappa shape index (κ2) is 7.59. The smallest absolute Gasteiger partial charge is 0.325 e. The summed E-state index contributed by atoms with van der Waals surface area (Å²) in [6.45, 7) is 1.73. The summed E-state index contributed by atoms with van der Waals surface area (Å²) < 4.78 is 2.43. The molecule has 0 atom stereocenters. The standard InChI is InChI=1S/C23H19N3O3/c1-16-8-7-9-17(14-16)24-21(27)15-25-20-13-6-5-12-19(20)22(28)26(23(25)29)18-10-3-2-4-11-18/h2-14H,15H2,1H3,(H,24,27). The molecule has 0 saturated carbocycles. The Hall–Kier alpha value is -3.93. The van der Waals surface area contributed by atoms with Crippen molar-refractivity contribution in [2.75, 3.05) is 5.32 Å². The van der Waals surface area contributed by atoms with E-state index in [1.807, 2.05) is 31.2 Å². The summed E-state index contributed by atoms with van der Waals surface area (Å²) in [6.07, 6.45) is 0. The van der Waals surface area contributed by atoms with Gasteiger partial charge in [0.2, 0.25) is 5.91 Å². The molecule has 0 aliphatic heterocycles. The molecule has 6 nitrogen and oxygen atoms in total. The lowest BCUT2D eigenvalue weighted by atomic mass is 10.2. The molecule has 29 heavy (non-hydrogen) atoms. The molecule has 0 aliphatic carbocycles. The van der Waals surface area contributed by atoms with Crippen LogP contribution in [-0.4, -0.2) is 15.0 Å². The summed E-state index contributed by atoms with van der Waals surface area (Å²) in [7, 11) is 0. The van der Waals surface area contributed by atoms with E-state index in [-0.39, 0.29) is 12.5 Å². The van der Waals surface area contributed by atoms with Crippen LogP contribution in [0.25, 0.3) is 16.6 Å². The van der Waals surface area contributed by atoms with Gasteiger partial charge in [0.15, 0.2) is 0 Å². The van der Waals surface area contributed by atoms with Crippen molar-refractivity contribution in [1.29, 1.82) is 0 Å². The van der Waals surface area contributed by atoms with E-state index >= 15 is 0 Å². The van der Waals surface area contributed by atoms with E-state index in [2.05, 4.69) is 5.32 Å². The van der Waals surface area contributed by atoms with Gasteiger partial charge in [-0.15, -0.1) is 0 Å². The Balaban J connectivity index is 1.82. The number of anilines is 1. The first-order valence-corrected chi connectivity index (χ1v) is 9.21. The normalized spacial score (nSPS) is 10.8. The molecular weight excluding hydrogens is 366 g/mol. The van der Waals surface area contributed by atoms with E-state index in [0.717, 1.165) is 10.1 Å². The zero-order valence-electron chi connectivity index (χ0n) is 15.8. The van der Waals surface area contributed by atoms with Gasteiger partial charge in [-0.3, -0.25) is 14.2 Å². The van der Waals surface area contributed by atoms with Gasteiger partial charge >= 0.3 is 5.69 Å². The highest BCUT2D eigenvalue weighted by atomic mass is 16.2. The van der Waals surface area contributed by atoms with Crippen molar-refractivity contribution < 1.29 is 4.79 Å². The molecule has 0 saturated heterocycles. The van der Waals surface area contributed by atoms with Gasteiger partial charge < -0.3 is 5.32 Å². The summed E-state index contributed by atoms with van der Waals surface area (Å²) in [6, 6.07) is 22.9. The number of amides is 1. The van der Waals surface area contributed by atoms with Crippen LogP contribution in [0.2, 0.25) is 0 Å². The first-order chi connectivity index (χ1) is 14.0. The Morgan fingerprint density at radius 1 is 0.897 bits per heavy atom. The van der Waals surface area contributed by atoms with Crippen LogP contribution in [0, 0.1) is 6.92 Å².